The standard InChI is InChI=1S/C14H19F2NO2S.C12H15F2NOS/c1-5-6-17-20(19)12-7-9(10(15)8-11(12)16)13(18)14(2,3)4;1-4-11(16)8-5-12(17-15-7(2)3)10(14)6-9(8)13/h7-8,17H,5-6H2,1-4H3;5-7,15H,4H2,1-3H3. The summed E-state index contributed by atoms with van der Waals surface area (Å²) in [4.78, 5) is 23.6. The van der Waals surface area contributed by atoms with Crippen LogP contribution < -0.4 is 9.44 Å². The van der Waals surface area contributed by atoms with Gasteiger partial charge in [-0.05, 0) is 44.3 Å². The smallest absolute Gasteiger partial charge is 0.171 e. The molecule has 0 saturated carbocycles. The van der Waals surface area contributed by atoms with Crippen LogP contribution in [0.4, 0.5) is 17.6 Å². The lowest BCUT2D eigenvalue weighted by molar-refractivity contribution is 0.0853. The summed E-state index contributed by atoms with van der Waals surface area (Å²) in [6.45, 7) is 12.7. The SMILES string of the molecule is CCC(=O)c1cc(SNC(C)C)c(F)cc1F.CCCNS(=O)c1cc(C(=O)C(C)(C)C)c(F)cc1F. The summed E-state index contributed by atoms with van der Waals surface area (Å²) in [5.41, 5.74) is -1.09. The predicted molar refractivity (Wildman–Crippen MR) is 140 cm³/mol. The molecule has 0 radical (unpaired) electrons. The largest absolute Gasteiger partial charge is 0.294 e. The van der Waals surface area contributed by atoms with Gasteiger partial charge in [-0.3, -0.25) is 14.3 Å². The first-order chi connectivity index (χ1) is 17.1. The Kier molecular flexibility index (Phi) is 13.1. The number of hydrogen-bond donors (Lipinski definition) is 2. The van der Waals surface area contributed by atoms with Gasteiger partial charge in [0.15, 0.2) is 11.6 Å². The summed E-state index contributed by atoms with van der Waals surface area (Å²) in [5.74, 6) is -4.09. The van der Waals surface area contributed by atoms with Crippen molar-refractivity contribution in [1.29, 1.82) is 0 Å². The predicted octanol–water partition coefficient (Wildman–Crippen LogP) is 6.78. The Bertz CT molecular complexity index is 1140. The maximum Gasteiger partial charge on any atom is 0.171 e. The first-order valence-electron chi connectivity index (χ1n) is 11.8. The van der Waals surface area contributed by atoms with E-state index in [0.29, 0.717) is 12.6 Å². The molecule has 0 aromatic heterocycles. The van der Waals surface area contributed by atoms with Crippen LogP contribution in [0.3, 0.4) is 0 Å². The molecule has 0 aliphatic heterocycles. The highest BCUT2D eigenvalue weighted by atomic mass is 32.2. The van der Waals surface area contributed by atoms with Crippen LogP contribution in [0.25, 0.3) is 0 Å². The number of nitrogens with one attached hydrogen (secondary N) is 2. The molecule has 2 rings (SSSR count). The van der Waals surface area contributed by atoms with Gasteiger partial charge in [0.2, 0.25) is 0 Å². The third kappa shape index (κ3) is 9.96. The summed E-state index contributed by atoms with van der Waals surface area (Å²) in [6, 6.07) is 3.83. The van der Waals surface area contributed by atoms with Crippen molar-refractivity contribution in [3.05, 3.63) is 58.7 Å². The van der Waals surface area contributed by atoms with Gasteiger partial charge in [0.05, 0.1) is 20.9 Å². The van der Waals surface area contributed by atoms with Gasteiger partial charge in [-0.15, -0.1) is 0 Å². The second kappa shape index (κ2) is 14.8. The number of ketones is 2. The Morgan fingerprint density at radius 3 is 2.00 bits per heavy atom. The molecule has 0 aliphatic carbocycles. The van der Waals surface area contributed by atoms with Crippen LogP contribution in [-0.4, -0.2) is 28.4 Å². The minimum Gasteiger partial charge on any atom is -0.294 e. The molecule has 5 nitrogen and oxygen atoms in total. The molecule has 11 heteroatoms. The molecular weight excluding hydrogens is 528 g/mol. The highest BCUT2D eigenvalue weighted by Gasteiger charge is 2.27. The fraction of sp³-hybridized carbons (Fsp3) is 0.462. The highest BCUT2D eigenvalue weighted by molar-refractivity contribution is 7.97. The van der Waals surface area contributed by atoms with Crippen LogP contribution in [0.1, 0.15) is 82.0 Å². The van der Waals surface area contributed by atoms with Gasteiger partial charge in [0.25, 0.3) is 0 Å². The van der Waals surface area contributed by atoms with Crippen LogP contribution in [0.2, 0.25) is 0 Å². The maximum atomic E-state index is 13.7. The van der Waals surface area contributed by atoms with Crippen LogP contribution >= 0.6 is 11.9 Å². The van der Waals surface area contributed by atoms with Crippen molar-refractivity contribution in [1.82, 2.24) is 9.44 Å². The number of carbonyl (C=O) groups is 2. The zero-order chi connectivity index (χ0) is 28.5. The Balaban J connectivity index is 0.000000375. The van der Waals surface area contributed by atoms with Gasteiger partial charge < -0.3 is 0 Å². The molecule has 0 saturated heterocycles. The summed E-state index contributed by atoms with van der Waals surface area (Å²) in [6.07, 6.45) is 0.923. The van der Waals surface area contributed by atoms with Crippen molar-refractivity contribution in [3.63, 3.8) is 0 Å². The van der Waals surface area contributed by atoms with Gasteiger partial charge in [-0.25, -0.2) is 26.5 Å². The number of benzene rings is 2. The zero-order valence-electron chi connectivity index (χ0n) is 22.1. The third-order valence-corrected chi connectivity index (χ3v) is 6.98. The van der Waals surface area contributed by atoms with Crippen molar-refractivity contribution < 1.29 is 31.4 Å². The topological polar surface area (TPSA) is 75.3 Å². The van der Waals surface area contributed by atoms with Crippen LogP contribution in [0, 0.1) is 28.7 Å². The van der Waals surface area contributed by atoms with Gasteiger partial charge in [0, 0.05) is 36.6 Å². The number of halogens is 4. The fourth-order valence-corrected chi connectivity index (χ4v) is 4.42. The Morgan fingerprint density at radius 1 is 0.919 bits per heavy atom. The van der Waals surface area contributed by atoms with Gasteiger partial charge in [-0.1, -0.05) is 34.6 Å². The summed E-state index contributed by atoms with van der Waals surface area (Å²) in [7, 11) is -1.80. The molecule has 2 aromatic carbocycles. The fourth-order valence-electron chi connectivity index (χ4n) is 2.71. The van der Waals surface area contributed by atoms with Crippen molar-refractivity contribution in [3.8, 4) is 0 Å². The van der Waals surface area contributed by atoms with E-state index in [1.54, 1.807) is 27.7 Å². The molecule has 0 heterocycles. The summed E-state index contributed by atoms with van der Waals surface area (Å²) in [5, 5.41) is 0. The molecule has 37 heavy (non-hydrogen) atoms. The summed E-state index contributed by atoms with van der Waals surface area (Å²) >= 11 is 1.06. The molecule has 0 aliphatic rings. The monoisotopic (exact) mass is 562 g/mol. The van der Waals surface area contributed by atoms with Crippen molar-refractivity contribution in [2.24, 2.45) is 5.41 Å². The van der Waals surface area contributed by atoms with E-state index >= 15 is 0 Å². The van der Waals surface area contributed by atoms with E-state index in [0.717, 1.165) is 30.5 Å². The molecular formula is C26H34F4N2O3S2. The van der Waals surface area contributed by atoms with E-state index in [2.05, 4.69) is 9.44 Å². The normalized spacial score (nSPS) is 12.2. The lowest BCUT2D eigenvalue weighted by Crippen LogP contribution is -2.23. The second-order valence-corrected chi connectivity index (χ2v) is 11.6. The molecule has 2 aromatic rings. The highest BCUT2D eigenvalue weighted by Crippen LogP contribution is 2.26. The first-order valence-corrected chi connectivity index (χ1v) is 13.7. The Hall–Kier alpha value is -2.08. The molecule has 1 atom stereocenters. The average molecular weight is 563 g/mol. The second-order valence-electron chi connectivity index (χ2n) is 9.42. The molecule has 0 bridgehead atoms. The molecule has 1 unspecified atom stereocenters. The average Bonchev–Trinajstić information content (AvgIpc) is 2.81. The minimum atomic E-state index is -1.80. The van der Waals surface area contributed by atoms with E-state index in [1.807, 2.05) is 20.8 Å². The van der Waals surface area contributed by atoms with Crippen molar-refractivity contribution >= 4 is 34.5 Å². The Labute approximate surface area is 222 Å². The molecule has 2 N–H and O–H groups in total. The van der Waals surface area contributed by atoms with E-state index in [9.17, 15) is 31.4 Å². The number of rotatable bonds is 10. The number of Topliss-reactive ketones (excluding diaryl/α,β-unsaturated/α-hetero) is 2. The first kappa shape index (κ1) is 32.9. The van der Waals surface area contributed by atoms with Gasteiger partial charge in [-0.2, -0.15) is 0 Å². The quantitative estimate of drug-likeness (QED) is 0.190. The van der Waals surface area contributed by atoms with Crippen LogP contribution in [0.5, 0.6) is 0 Å². The number of hydrogen-bond acceptors (Lipinski definition) is 5. The molecule has 206 valence electrons. The van der Waals surface area contributed by atoms with E-state index in [-0.39, 0.29) is 39.2 Å². The minimum absolute atomic E-state index is 0.0537. The molecule has 0 amide bonds. The van der Waals surface area contributed by atoms with Crippen LogP contribution in [-0.2, 0) is 11.0 Å². The Morgan fingerprint density at radius 2 is 1.49 bits per heavy atom. The van der Waals surface area contributed by atoms with Crippen molar-refractivity contribution in [2.45, 2.75) is 77.1 Å². The lowest BCUT2D eigenvalue weighted by Gasteiger charge is -2.17. The molecule has 0 spiro atoms. The van der Waals surface area contributed by atoms with Crippen molar-refractivity contribution in [2.75, 3.05) is 6.54 Å². The maximum absolute atomic E-state index is 13.7. The van der Waals surface area contributed by atoms with E-state index in [1.165, 1.54) is 6.07 Å². The lowest BCUT2D eigenvalue weighted by atomic mass is 9.86. The number of carbonyl (C=O) groups excluding carboxylic acids is 2. The van der Waals surface area contributed by atoms with E-state index in [4.69, 9.17) is 0 Å². The molecule has 0 fully saturated rings. The zero-order valence-corrected chi connectivity index (χ0v) is 23.7. The third-order valence-electron chi connectivity index (χ3n) is 4.68. The van der Waals surface area contributed by atoms with E-state index < -0.39 is 45.5 Å². The van der Waals surface area contributed by atoms with Gasteiger partial charge in [0.1, 0.15) is 34.3 Å². The summed E-state index contributed by atoms with van der Waals surface area (Å²) < 4.78 is 71.7. The van der Waals surface area contributed by atoms with Gasteiger partial charge >= 0.3 is 0 Å². The van der Waals surface area contributed by atoms with Crippen LogP contribution in [0.15, 0.2) is 34.1 Å².